The van der Waals surface area contributed by atoms with E-state index in [1.807, 2.05) is 24.3 Å². The number of nitrogens with one attached hydrogen (secondary N) is 1. The van der Waals surface area contributed by atoms with Crippen LogP contribution in [0.2, 0.25) is 0 Å². The van der Waals surface area contributed by atoms with Crippen molar-refractivity contribution in [3.05, 3.63) is 29.8 Å². The minimum absolute atomic E-state index is 0.0497. The highest BCUT2D eigenvalue weighted by Gasteiger charge is 2.49. The Hall–Kier alpha value is -1.35. The lowest BCUT2D eigenvalue weighted by Crippen LogP contribution is -2.27. The van der Waals surface area contributed by atoms with E-state index in [0.29, 0.717) is 0 Å². The number of carbonyl (C=O) groups excluding carboxylic acids is 1. The van der Waals surface area contributed by atoms with Gasteiger partial charge in [0, 0.05) is 5.69 Å². The van der Waals surface area contributed by atoms with Gasteiger partial charge < -0.3 is 10.4 Å². The van der Waals surface area contributed by atoms with Crippen LogP contribution in [0.1, 0.15) is 25.3 Å². The van der Waals surface area contributed by atoms with E-state index in [2.05, 4.69) is 12.2 Å². The predicted molar refractivity (Wildman–Crippen MR) is 63.2 cm³/mol. The summed E-state index contributed by atoms with van der Waals surface area (Å²) in [7, 11) is 0. The normalized spacial score (nSPS) is 16.9. The molecular weight excluding hydrogens is 202 g/mol. The summed E-state index contributed by atoms with van der Waals surface area (Å²) < 4.78 is 0. The van der Waals surface area contributed by atoms with E-state index < -0.39 is 5.41 Å². The standard InChI is InChI=1S/C13H17NO2/c1-2-10-3-5-11(6-4-10)14-12(16)13(9-15)7-8-13/h3-6,15H,2,7-9H2,1H3,(H,14,16). The van der Waals surface area contributed by atoms with Gasteiger partial charge in [-0.15, -0.1) is 0 Å². The van der Waals surface area contributed by atoms with Gasteiger partial charge in [-0.2, -0.15) is 0 Å². The molecule has 0 bridgehead atoms. The number of aryl methyl sites for hydroxylation is 1. The zero-order chi connectivity index (χ0) is 11.6. The molecular formula is C13H17NO2. The number of anilines is 1. The smallest absolute Gasteiger partial charge is 0.232 e. The van der Waals surface area contributed by atoms with Gasteiger partial charge in [0.1, 0.15) is 0 Å². The largest absolute Gasteiger partial charge is 0.395 e. The molecule has 3 nitrogen and oxygen atoms in total. The van der Waals surface area contributed by atoms with Gasteiger partial charge in [0.2, 0.25) is 5.91 Å². The van der Waals surface area contributed by atoms with Crippen molar-refractivity contribution in [3.63, 3.8) is 0 Å². The van der Waals surface area contributed by atoms with Crippen molar-refractivity contribution in [1.82, 2.24) is 0 Å². The highest BCUT2D eigenvalue weighted by molar-refractivity contribution is 5.97. The van der Waals surface area contributed by atoms with Gasteiger partial charge in [-0.1, -0.05) is 19.1 Å². The Kier molecular flexibility index (Phi) is 2.97. The van der Waals surface area contributed by atoms with Crippen LogP contribution in [0.25, 0.3) is 0 Å². The quantitative estimate of drug-likeness (QED) is 0.813. The molecule has 1 fully saturated rings. The fourth-order valence-corrected chi connectivity index (χ4v) is 1.70. The molecule has 3 heteroatoms. The summed E-state index contributed by atoms with van der Waals surface area (Å²) in [6.07, 6.45) is 2.58. The van der Waals surface area contributed by atoms with Crippen molar-refractivity contribution in [2.45, 2.75) is 26.2 Å². The summed E-state index contributed by atoms with van der Waals surface area (Å²) in [5, 5.41) is 12.0. The zero-order valence-electron chi connectivity index (χ0n) is 9.49. The molecule has 16 heavy (non-hydrogen) atoms. The fourth-order valence-electron chi connectivity index (χ4n) is 1.70. The molecule has 1 aromatic carbocycles. The number of hydrogen-bond acceptors (Lipinski definition) is 2. The maximum absolute atomic E-state index is 11.8. The summed E-state index contributed by atoms with van der Waals surface area (Å²) in [6.45, 7) is 2.05. The lowest BCUT2D eigenvalue weighted by Gasteiger charge is -2.12. The monoisotopic (exact) mass is 219 g/mol. The Morgan fingerprint density at radius 2 is 2.00 bits per heavy atom. The van der Waals surface area contributed by atoms with Crippen molar-refractivity contribution < 1.29 is 9.90 Å². The van der Waals surface area contributed by atoms with Gasteiger partial charge in [-0.3, -0.25) is 4.79 Å². The molecule has 0 spiro atoms. The molecule has 1 amide bonds. The van der Waals surface area contributed by atoms with E-state index in [-0.39, 0.29) is 12.5 Å². The number of carbonyl (C=O) groups is 1. The van der Waals surface area contributed by atoms with Crippen LogP contribution >= 0.6 is 0 Å². The van der Waals surface area contributed by atoms with Crippen molar-refractivity contribution in [2.24, 2.45) is 5.41 Å². The molecule has 1 aromatic rings. The number of hydrogen-bond donors (Lipinski definition) is 2. The van der Waals surface area contributed by atoms with Gasteiger partial charge in [0.15, 0.2) is 0 Å². The topological polar surface area (TPSA) is 49.3 Å². The fraction of sp³-hybridized carbons (Fsp3) is 0.462. The lowest BCUT2D eigenvalue weighted by molar-refractivity contribution is -0.122. The van der Waals surface area contributed by atoms with Crippen LogP contribution in [0.4, 0.5) is 5.69 Å². The molecule has 0 radical (unpaired) electrons. The highest BCUT2D eigenvalue weighted by Crippen LogP contribution is 2.45. The Balaban J connectivity index is 2.01. The van der Waals surface area contributed by atoms with E-state index in [4.69, 9.17) is 5.11 Å². The predicted octanol–water partition coefficient (Wildman–Crippen LogP) is 1.96. The van der Waals surface area contributed by atoms with Crippen molar-refractivity contribution >= 4 is 11.6 Å². The third kappa shape index (κ3) is 2.09. The Bertz CT molecular complexity index is 379. The second-order valence-electron chi connectivity index (χ2n) is 4.44. The first kappa shape index (κ1) is 11.1. The SMILES string of the molecule is CCc1ccc(NC(=O)C2(CO)CC2)cc1. The molecule has 2 rings (SSSR count). The summed E-state index contributed by atoms with van der Waals surface area (Å²) >= 11 is 0. The molecule has 86 valence electrons. The number of benzene rings is 1. The number of amides is 1. The van der Waals surface area contributed by atoms with E-state index in [1.54, 1.807) is 0 Å². The molecule has 2 N–H and O–H groups in total. The third-order valence-electron chi connectivity index (χ3n) is 3.26. The van der Waals surface area contributed by atoms with Gasteiger partial charge in [-0.05, 0) is 37.0 Å². The van der Waals surface area contributed by atoms with Gasteiger partial charge >= 0.3 is 0 Å². The van der Waals surface area contributed by atoms with Crippen molar-refractivity contribution in [1.29, 1.82) is 0 Å². The molecule has 0 heterocycles. The molecule has 1 saturated carbocycles. The average Bonchev–Trinajstić information content (AvgIpc) is 3.11. The Morgan fingerprint density at radius 3 is 2.44 bits per heavy atom. The van der Waals surface area contributed by atoms with Crippen LogP contribution in [0, 0.1) is 5.41 Å². The van der Waals surface area contributed by atoms with Crippen LogP contribution in [0.5, 0.6) is 0 Å². The van der Waals surface area contributed by atoms with E-state index in [9.17, 15) is 4.79 Å². The van der Waals surface area contributed by atoms with E-state index in [1.165, 1.54) is 5.56 Å². The maximum atomic E-state index is 11.8. The molecule has 0 unspecified atom stereocenters. The first-order valence-corrected chi connectivity index (χ1v) is 5.71. The van der Waals surface area contributed by atoms with Gasteiger partial charge in [-0.25, -0.2) is 0 Å². The summed E-state index contributed by atoms with van der Waals surface area (Å²) in [5.41, 5.74) is 1.56. The van der Waals surface area contributed by atoms with Crippen LogP contribution < -0.4 is 5.32 Å². The third-order valence-corrected chi connectivity index (χ3v) is 3.26. The minimum Gasteiger partial charge on any atom is -0.395 e. The Labute approximate surface area is 95.5 Å². The average molecular weight is 219 g/mol. The number of rotatable bonds is 4. The van der Waals surface area contributed by atoms with Crippen molar-refractivity contribution in [3.8, 4) is 0 Å². The van der Waals surface area contributed by atoms with Gasteiger partial charge in [0.05, 0.1) is 12.0 Å². The summed E-state index contributed by atoms with van der Waals surface area (Å²) in [6, 6.07) is 7.83. The molecule has 0 saturated heterocycles. The first-order valence-electron chi connectivity index (χ1n) is 5.71. The Morgan fingerprint density at radius 1 is 1.38 bits per heavy atom. The van der Waals surface area contributed by atoms with Crippen LogP contribution in [0.3, 0.4) is 0 Å². The molecule has 1 aliphatic rings. The summed E-state index contributed by atoms with van der Waals surface area (Å²) in [4.78, 5) is 11.8. The number of aliphatic hydroxyl groups is 1. The molecule has 0 aliphatic heterocycles. The van der Waals surface area contributed by atoms with E-state index >= 15 is 0 Å². The molecule has 1 aliphatic carbocycles. The van der Waals surface area contributed by atoms with Crippen LogP contribution in [-0.2, 0) is 11.2 Å². The van der Waals surface area contributed by atoms with E-state index in [0.717, 1.165) is 24.9 Å². The number of aliphatic hydroxyl groups excluding tert-OH is 1. The van der Waals surface area contributed by atoms with Crippen LogP contribution in [-0.4, -0.2) is 17.6 Å². The van der Waals surface area contributed by atoms with Crippen LogP contribution in [0.15, 0.2) is 24.3 Å². The molecule has 0 aromatic heterocycles. The zero-order valence-corrected chi connectivity index (χ0v) is 9.49. The minimum atomic E-state index is -0.497. The molecule has 0 atom stereocenters. The second-order valence-corrected chi connectivity index (χ2v) is 4.44. The van der Waals surface area contributed by atoms with Crippen molar-refractivity contribution in [2.75, 3.05) is 11.9 Å². The summed E-state index contributed by atoms with van der Waals surface area (Å²) in [5.74, 6) is -0.0563. The second kappa shape index (κ2) is 4.26. The maximum Gasteiger partial charge on any atom is 0.232 e. The highest BCUT2D eigenvalue weighted by atomic mass is 16.3. The first-order chi connectivity index (χ1) is 7.70. The lowest BCUT2D eigenvalue weighted by atomic mass is 10.1. The van der Waals surface area contributed by atoms with Gasteiger partial charge in [0.25, 0.3) is 0 Å².